The molecule has 0 aromatic heterocycles. The first-order chi connectivity index (χ1) is 9.57. The summed E-state index contributed by atoms with van der Waals surface area (Å²) in [5.41, 5.74) is -0.318. The van der Waals surface area contributed by atoms with Crippen LogP contribution in [0.4, 0.5) is 8.78 Å². The van der Waals surface area contributed by atoms with Crippen molar-refractivity contribution < 1.29 is 18.3 Å². The second-order valence-electron chi connectivity index (χ2n) is 4.88. The van der Waals surface area contributed by atoms with Crippen LogP contribution in [0.25, 0.3) is 0 Å². The first-order valence-corrected chi connectivity index (χ1v) is 6.55. The van der Waals surface area contributed by atoms with Gasteiger partial charge in [-0.3, -0.25) is 4.79 Å². The van der Waals surface area contributed by atoms with Crippen LogP contribution in [-0.2, 0) is 16.1 Å². The van der Waals surface area contributed by atoms with Gasteiger partial charge in [-0.1, -0.05) is 6.07 Å². The van der Waals surface area contributed by atoms with Crippen molar-refractivity contribution in [3.63, 3.8) is 0 Å². The number of amides is 1. The van der Waals surface area contributed by atoms with Gasteiger partial charge in [-0.25, -0.2) is 8.78 Å². The van der Waals surface area contributed by atoms with Crippen LogP contribution >= 0.6 is 0 Å². The molecule has 0 spiro atoms. The average molecular weight is 284 g/mol. The molecule has 1 aliphatic rings. The van der Waals surface area contributed by atoms with Gasteiger partial charge in [0, 0.05) is 13.7 Å². The predicted octanol–water partition coefficient (Wildman–Crippen LogP) is 1.35. The highest BCUT2D eigenvalue weighted by Crippen LogP contribution is 2.22. The number of carbonyl (C=O) groups is 1. The Morgan fingerprint density at radius 1 is 1.35 bits per heavy atom. The Morgan fingerprint density at radius 2 is 2.05 bits per heavy atom. The van der Waals surface area contributed by atoms with Crippen molar-refractivity contribution >= 4 is 5.91 Å². The molecule has 1 fully saturated rings. The lowest BCUT2D eigenvalue weighted by atomic mass is 9.91. The Balaban J connectivity index is 1.98. The number of ether oxygens (including phenoxy) is 1. The maximum absolute atomic E-state index is 13.1. The third kappa shape index (κ3) is 3.13. The van der Waals surface area contributed by atoms with Crippen molar-refractivity contribution in [3.8, 4) is 0 Å². The van der Waals surface area contributed by atoms with Crippen molar-refractivity contribution in [1.82, 2.24) is 10.6 Å². The molecule has 1 saturated heterocycles. The minimum absolute atomic E-state index is 0.147. The van der Waals surface area contributed by atoms with Gasteiger partial charge in [0.25, 0.3) is 5.91 Å². The number of halogens is 2. The largest absolute Gasteiger partial charge is 0.368 e. The van der Waals surface area contributed by atoms with Crippen LogP contribution in [0.2, 0.25) is 0 Å². The fraction of sp³-hybridized carbons (Fsp3) is 0.500. The molecule has 1 aliphatic heterocycles. The summed E-state index contributed by atoms with van der Waals surface area (Å²) in [5, 5.41) is 5.89. The van der Waals surface area contributed by atoms with E-state index in [0.717, 1.165) is 12.1 Å². The molecule has 0 aliphatic carbocycles. The number of nitrogens with one attached hydrogen (secondary N) is 2. The van der Waals surface area contributed by atoms with E-state index in [0.29, 0.717) is 31.5 Å². The van der Waals surface area contributed by atoms with Gasteiger partial charge < -0.3 is 15.4 Å². The zero-order valence-electron chi connectivity index (χ0n) is 11.3. The summed E-state index contributed by atoms with van der Waals surface area (Å²) in [6, 6.07) is 3.57. The van der Waals surface area contributed by atoms with Crippen LogP contribution in [-0.4, -0.2) is 31.7 Å². The molecule has 0 atom stereocenters. The number of hydrogen-bond acceptors (Lipinski definition) is 3. The van der Waals surface area contributed by atoms with Crippen molar-refractivity contribution in [3.05, 3.63) is 35.4 Å². The summed E-state index contributed by atoms with van der Waals surface area (Å²) < 4.78 is 31.3. The normalized spacial score (nSPS) is 17.8. The van der Waals surface area contributed by atoms with E-state index < -0.39 is 17.2 Å². The number of hydrogen-bond donors (Lipinski definition) is 2. The molecule has 110 valence electrons. The predicted molar refractivity (Wildman–Crippen MR) is 70.0 cm³/mol. The van der Waals surface area contributed by atoms with Crippen molar-refractivity contribution in [2.75, 3.05) is 20.2 Å². The van der Waals surface area contributed by atoms with Gasteiger partial charge in [-0.05, 0) is 43.6 Å². The van der Waals surface area contributed by atoms with Gasteiger partial charge >= 0.3 is 0 Å². The maximum Gasteiger partial charge on any atom is 0.252 e. The topological polar surface area (TPSA) is 50.4 Å². The molecule has 2 N–H and O–H groups in total. The molecular weight excluding hydrogens is 266 g/mol. The molecule has 0 saturated carbocycles. The highest BCUT2D eigenvalue weighted by Gasteiger charge is 2.39. The highest BCUT2D eigenvalue weighted by atomic mass is 19.2. The number of methoxy groups -OCH3 is 1. The second kappa shape index (κ2) is 6.28. The number of benzene rings is 1. The van der Waals surface area contributed by atoms with E-state index in [1.807, 2.05) is 0 Å². The standard InChI is InChI=1S/C14H18F2N2O2/c1-20-14(4-6-17-7-5-14)13(19)18-9-10-2-3-11(15)12(16)8-10/h2-3,8,17H,4-7,9H2,1H3,(H,18,19). The lowest BCUT2D eigenvalue weighted by molar-refractivity contribution is -0.146. The van der Waals surface area contributed by atoms with Crippen LogP contribution in [0, 0.1) is 11.6 Å². The third-order valence-electron chi connectivity index (χ3n) is 3.65. The zero-order valence-corrected chi connectivity index (χ0v) is 11.3. The van der Waals surface area contributed by atoms with E-state index in [9.17, 15) is 13.6 Å². The maximum atomic E-state index is 13.1. The molecule has 0 unspecified atom stereocenters. The Labute approximate surface area is 116 Å². The summed E-state index contributed by atoms with van der Waals surface area (Å²) in [6.45, 7) is 1.58. The van der Waals surface area contributed by atoms with Gasteiger partial charge in [-0.15, -0.1) is 0 Å². The number of carbonyl (C=O) groups excluding carboxylic acids is 1. The van der Waals surface area contributed by atoms with E-state index in [2.05, 4.69) is 10.6 Å². The van der Waals surface area contributed by atoms with Crippen molar-refractivity contribution in [2.45, 2.75) is 25.0 Å². The van der Waals surface area contributed by atoms with Crippen LogP contribution in [0.5, 0.6) is 0 Å². The molecule has 20 heavy (non-hydrogen) atoms. The Kier molecular flexibility index (Phi) is 4.67. The molecule has 0 bridgehead atoms. The third-order valence-corrected chi connectivity index (χ3v) is 3.65. The Bertz CT molecular complexity index is 488. The monoisotopic (exact) mass is 284 g/mol. The highest BCUT2D eigenvalue weighted by molar-refractivity contribution is 5.85. The summed E-state index contributed by atoms with van der Waals surface area (Å²) in [4.78, 5) is 12.2. The molecule has 1 heterocycles. The van der Waals surface area contributed by atoms with E-state index in [1.54, 1.807) is 0 Å². The lowest BCUT2D eigenvalue weighted by Crippen LogP contribution is -2.53. The molecule has 1 aromatic carbocycles. The minimum atomic E-state index is -0.917. The molecule has 2 rings (SSSR count). The van der Waals surface area contributed by atoms with Crippen molar-refractivity contribution in [1.29, 1.82) is 0 Å². The fourth-order valence-electron chi connectivity index (χ4n) is 2.35. The molecule has 1 aromatic rings. The number of piperidine rings is 1. The first kappa shape index (κ1) is 14.9. The summed E-state index contributed by atoms with van der Waals surface area (Å²) in [5.74, 6) is -2.03. The SMILES string of the molecule is COC1(C(=O)NCc2ccc(F)c(F)c2)CCNCC1. The first-order valence-electron chi connectivity index (χ1n) is 6.55. The summed E-state index contributed by atoms with van der Waals surface area (Å²) in [6.07, 6.45) is 1.18. The summed E-state index contributed by atoms with van der Waals surface area (Å²) in [7, 11) is 1.52. The van der Waals surface area contributed by atoms with Crippen molar-refractivity contribution in [2.24, 2.45) is 0 Å². The quantitative estimate of drug-likeness (QED) is 0.877. The van der Waals surface area contributed by atoms with Gasteiger partial charge in [0.05, 0.1) is 0 Å². The minimum Gasteiger partial charge on any atom is -0.368 e. The van der Waals surface area contributed by atoms with Crippen LogP contribution in [0.15, 0.2) is 18.2 Å². The molecule has 0 radical (unpaired) electrons. The van der Waals surface area contributed by atoms with Gasteiger partial charge in [0.2, 0.25) is 0 Å². The van der Waals surface area contributed by atoms with Crippen LogP contribution in [0.3, 0.4) is 0 Å². The molecule has 1 amide bonds. The van der Waals surface area contributed by atoms with E-state index in [1.165, 1.54) is 13.2 Å². The zero-order chi connectivity index (χ0) is 14.6. The van der Waals surface area contributed by atoms with Gasteiger partial charge in [-0.2, -0.15) is 0 Å². The van der Waals surface area contributed by atoms with Gasteiger partial charge in [0.15, 0.2) is 11.6 Å². The Hall–Kier alpha value is -1.53. The van der Waals surface area contributed by atoms with Crippen LogP contribution in [0.1, 0.15) is 18.4 Å². The summed E-state index contributed by atoms with van der Waals surface area (Å²) >= 11 is 0. The van der Waals surface area contributed by atoms with E-state index in [-0.39, 0.29) is 12.5 Å². The van der Waals surface area contributed by atoms with E-state index in [4.69, 9.17) is 4.74 Å². The molecular formula is C14H18F2N2O2. The van der Waals surface area contributed by atoms with Crippen LogP contribution < -0.4 is 10.6 Å². The lowest BCUT2D eigenvalue weighted by Gasteiger charge is -2.34. The molecule has 4 nitrogen and oxygen atoms in total. The average Bonchev–Trinajstić information content (AvgIpc) is 2.48. The Morgan fingerprint density at radius 3 is 2.65 bits per heavy atom. The smallest absolute Gasteiger partial charge is 0.252 e. The second-order valence-corrected chi connectivity index (χ2v) is 4.88. The van der Waals surface area contributed by atoms with Gasteiger partial charge in [0.1, 0.15) is 5.60 Å². The fourth-order valence-corrected chi connectivity index (χ4v) is 2.35. The molecule has 6 heteroatoms. The van der Waals surface area contributed by atoms with E-state index >= 15 is 0 Å². The number of rotatable bonds is 4.